The minimum absolute atomic E-state index is 0.0165. The zero-order chi connectivity index (χ0) is 24.0. The third kappa shape index (κ3) is 2.47. The van der Waals surface area contributed by atoms with Crippen molar-refractivity contribution < 1.29 is 9.59 Å². The van der Waals surface area contributed by atoms with Crippen molar-refractivity contribution in [3.63, 3.8) is 0 Å². The van der Waals surface area contributed by atoms with E-state index >= 15 is 0 Å². The summed E-state index contributed by atoms with van der Waals surface area (Å²) in [6, 6.07) is 24.9. The highest BCUT2D eigenvalue weighted by Crippen LogP contribution is 2.56. The molecule has 1 spiro atoms. The maximum absolute atomic E-state index is 13.1. The summed E-state index contributed by atoms with van der Waals surface area (Å²) < 4.78 is 2.44. The first-order valence-electron chi connectivity index (χ1n) is 12.7. The normalized spacial score (nSPS) is 17.7. The molecule has 2 aliphatic carbocycles. The van der Waals surface area contributed by atoms with Gasteiger partial charge >= 0.3 is 0 Å². The van der Waals surface area contributed by atoms with Crippen molar-refractivity contribution in [3.8, 4) is 5.00 Å². The predicted octanol–water partition coefficient (Wildman–Crippen LogP) is 7.87. The van der Waals surface area contributed by atoms with Crippen molar-refractivity contribution in [2.24, 2.45) is 0 Å². The Balaban J connectivity index is 1.41. The van der Waals surface area contributed by atoms with Crippen LogP contribution in [0.2, 0.25) is 0 Å². The number of carbonyl (C=O) groups is 2. The van der Waals surface area contributed by atoms with Crippen molar-refractivity contribution in [3.05, 3.63) is 106 Å². The quantitative estimate of drug-likeness (QED) is 0.179. The summed E-state index contributed by atoms with van der Waals surface area (Å²) in [6.07, 6.45) is 7.83. The number of hydrogen-bond donors (Lipinski definition) is 0. The highest BCUT2D eigenvalue weighted by molar-refractivity contribution is 7.15. The van der Waals surface area contributed by atoms with E-state index in [-0.39, 0.29) is 22.6 Å². The average molecular weight is 486 g/mol. The number of benzene rings is 3. The van der Waals surface area contributed by atoms with Crippen LogP contribution in [0.15, 0.2) is 78.4 Å². The smallest absolute Gasteiger partial charge is 0.197 e. The number of allylic oxidation sites excluding steroid dienone is 1. The van der Waals surface area contributed by atoms with Gasteiger partial charge in [-0.3, -0.25) is 9.59 Å². The first kappa shape index (κ1) is 20.4. The number of thiophene rings is 1. The first-order chi connectivity index (χ1) is 17.7. The van der Waals surface area contributed by atoms with Crippen molar-refractivity contribution in [1.82, 2.24) is 4.57 Å². The molecule has 4 heteroatoms. The van der Waals surface area contributed by atoms with Gasteiger partial charge in [-0.25, -0.2) is 0 Å². The molecule has 0 unspecified atom stereocenters. The summed E-state index contributed by atoms with van der Waals surface area (Å²) in [5, 5.41) is 3.82. The van der Waals surface area contributed by atoms with Gasteiger partial charge in [-0.1, -0.05) is 79.9 Å². The van der Waals surface area contributed by atoms with Gasteiger partial charge in [0.25, 0.3) is 0 Å². The van der Waals surface area contributed by atoms with Crippen LogP contribution in [0.25, 0.3) is 32.9 Å². The molecule has 3 aromatic carbocycles. The lowest BCUT2D eigenvalue weighted by Gasteiger charge is -2.41. The number of aromatic nitrogens is 1. The van der Waals surface area contributed by atoms with Gasteiger partial charge in [0.2, 0.25) is 0 Å². The highest BCUT2D eigenvalue weighted by Gasteiger charge is 2.44. The molecule has 5 aromatic rings. The minimum atomic E-state index is -0.161. The Bertz CT molecular complexity index is 1770. The molecule has 1 aliphatic heterocycles. The van der Waals surface area contributed by atoms with E-state index in [9.17, 15) is 9.59 Å². The Morgan fingerprint density at radius 1 is 0.750 bits per heavy atom. The molecule has 0 saturated heterocycles. The van der Waals surface area contributed by atoms with Crippen molar-refractivity contribution >= 4 is 50.8 Å². The maximum atomic E-state index is 13.1. The zero-order valence-corrected chi connectivity index (χ0v) is 20.5. The number of nitrogens with zero attached hydrogens (tertiary/aromatic N) is 1. The van der Waals surface area contributed by atoms with Crippen LogP contribution in [0.5, 0.6) is 0 Å². The van der Waals surface area contributed by atoms with Crippen LogP contribution in [-0.2, 0) is 5.41 Å². The molecule has 36 heavy (non-hydrogen) atoms. The molecule has 1 fully saturated rings. The molecule has 0 amide bonds. The molecule has 0 radical (unpaired) electrons. The lowest BCUT2D eigenvalue weighted by atomic mass is 9.64. The Morgan fingerprint density at radius 2 is 1.44 bits per heavy atom. The standard InChI is InChI=1S/C32H23NO2S/c34-29-22-10-2-3-11-23(22)30(35)24(29)17-19-18-26-31(36-19)33-27-14-5-4-9-20(27)21-12-8-13-25(28(21)33)32(26)15-6-1-7-16-32/h2-5,8-14,17-18H,1,6-7,15-16H2. The Labute approximate surface area is 212 Å². The number of rotatable bonds is 1. The van der Waals surface area contributed by atoms with E-state index in [1.165, 1.54) is 57.2 Å². The van der Waals surface area contributed by atoms with E-state index in [0.717, 1.165) is 17.7 Å². The fourth-order valence-electron chi connectivity index (χ4n) is 6.98. The van der Waals surface area contributed by atoms with E-state index in [0.29, 0.717) is 11.1 Å². The van der Waals surface area contributed by atoms with E-state index in [1.807, 2.05) is 18.2 Å². The molecular formula is C32H23NO2S. The van der Waals surface area contributed by atoms with E-state index in [4.69, 9.17) is 0 Å². The van der Waals surface area contributed by atoms with E-state index in [2.05, 4.69) is 53.1 Å². The monoisotopic (exact) mass is 485 g/mol. The average Bonchev–Trinajstić information content (AvgIpc) is 3.57. The van der Waals surface area contributed by atoms with Crippen molar-refractivity contribution in [2.75, 3.05) is 0 Å². The van der Waals surface area contributed by atoms with Gasteiger partial charge in [0, 0.05) is 32.2 Å². The maximum Gasteiger partial charge on any atom is 0.197 e. The molecular weight excluding hydrogens is 462 g/mol. The second-order valence-electron chi connectivity index (χ2n) is 10.3. The fraction of sp³-hybridized carbons (Fsp3) is 0.188. The summed E-state index contributed by atoms with van der Waals surface area (Å²) in [4.78, 5) is 27.2. The SMILES string of the molecule is O=C1C(=Cc2cc3c(s2)-n2c4ccccc4c4cccc(c42)C32CCCCC2)C(=O)c2ccccc21. The number of ketones is 2. The molecule has 3 nitrogen and oxygen atoms in total. The third-order valence-electron chi connectivity index (χ3n) is 8.56. The Kier molecular flexibility index (Phi) is 4.05. The number of fused-ring (bicyclic) bond motifs is 8. The Morgan fingerprint density at radius 3 is 2.22 bits per heavy atom. The molecule has 0 atom stereocenters. The number of hydrogen-bond acceptors (Lipinski definition) is 3. The molecule has 174 valence electrons. The molecule has 0 bridgehead atoms. The highest BCUT2D eigenvalue weighted by atomic mass is 32.1. The van der Waals surface area contributed by atoms with Crippen molar-refractivity contribution in [2.45, 2.75) is 37.5 Å². The molecule has 1 saturated carbocycles. The van der Waals surface area contributed by atoms with Gasteiger partial charge < -0.3 is 4.57 Å². The molecule has 0 N–H and O–H groups in total. The lowest BCUT2D eigenvalue weighted by molar-refractivity contribution is 0.0990. The summed E-state index contributed by atoms with van der Waals surface area (Å²) in [7, 11) is 0. The summed E-state index contributed by atoms with van der Waals surface area (Å²) in [5.74, 6) is -0.321. The van der Waals surface area contributed by atoms with Crippen LogP contribution in [-0.4, -0.2) is 16.1 Å². The zero-order valence-electron chi connectivity index (χ0n) is 19.7. The van der Waals surface area contributed by atoms with Gasteiger partial charge in [0.05, 0.1) is 16.6 Å². The summed E-state index contributed by atoms with van der Waals surface area (Å²) in [6.45, 7) is 0. The molecule has 8 rings (SSSR count). The Hall–Kier alpha value is -3.76. The summed E-state index contributed by atoms with van der Waals surface area (Å²) >= 11 is 1.71. The second kappa shape index (κ2) is 7.14. The van der Waals surface area contributed by atoms with Crippen LogP contribution in [0, 0.1) is 0 Å². The number of Topliss-reactive ketones (excluding diaryl/α,β-unsaturated/α-hetero) is 2. The topological polar surface area (TPSA) is 39.1 Å². The number of carbonyl (C=O) groups excluding carboxylic acids is 2. The van der Waals surface area contributed by atoms with E-state index in [1.54, 1.807) is 23.5 Å². The third-order valence-corrected chi connectivity index (χ3v) is 9.63. The van der Waals surface area contributed by atoms with Gasteiger partial charge in [0.1, 0.15) is 5.00 Å². The number of para-hydroxylation sites is 2. The fourth-order valence-corrected chi connectivity index (χ4v) is 8.20. The second-order valence-corrected chi connectivity index (χ2v) is 11.4. The predicted molar refractivity (Wildman–Crippen MR) is 146 cm³/mol. The van der Waals surface area contributed by atoms with Crippen LogP contribution < -0.4 is 0 Å². The van der Waals surface area contributed by atoms with Crippen LogP contribution >= 0.6 is 11.3 Å². The van der Waals surface area contributed by atoms with Gasteiger partial charge in [0.15, 0.2) is 11.6 Å². The molecule has 2 aromatic heterocycles. The van der Waals surface area contributed by atoms with Gasteiger partial charge in [-0.2, -0.15) is 0 Å². The minimum Gasteiger partial charge on any atom is -0.300 e. The van der Waals surface area contributed by atoms with Gasteiger partial charge in [-0.05, 0) is 42.2 Å². The molecule has 3 heterocycles. The first-order valence-corrected chi connectivity index (χ1v) is 13.6. The largest absolute Gasteiger partial charge is 0.300 e. The van der Waals surface area contributed by atoms with Crippen LogP contribution in [0.4, 0.5) is 0 Å². The van der Waals surface area contributed by atoms with Crippen molar-refractivity contribution in [1.29, 1.82) is 0 Å². The van der Waals surface area contributed by atoms with Crippen LogP contribution in [0.3, 0.4) is 0 Å². The van der Waals surface area contributed by atoms with Gasteiger partial charge in [-0.15, -0.1) is 11.3 Å². The molecule has 3 aliphatic rings. The lowest BCUT2D eigenvalue weighted by Crippen LogP contribution is -2.33. The summed E-state index contributed by atoms with van der Waals surface area (Å²) in [5.41, 5.74) is 6.64. The van der Waals surface area contributed by atoms with Crippen LogP contribution in [0.1, 0.15) is 68.8 Å². The van der Waals surface area contributed by atoms with E-state index < -0.39 is 0 Å².